The third-order valence-electron chi connectivity index (χ3n) is 3.90. The first kappa shape index (κ1) is 21.2. The molecule has 0 aliphatic rings. The third kappa shape index (κ3) is 7.56. The average molecular weight is 391 g/mol. The van der Waals surface area contributed by atoms with Gasteiger partial charge < -0.3 is 19.7 Å². The SMILES string of the molecule is CCNC(=NCCCOCc1ccc(OC)cc1)N(C)Cc1csc(C)n1. The molecule has 0 fully saturated rings. The summed E-state index contributed by atoms with van der Waals surface area (Å²) < 4.78 is 10.9. The molecule has 7 heteroatoms. The molecule has 1 heterocycles. The van der Waals surface area contributed by atoms with Crippen molar-refractivity contribution in [2.24, 2.45) is 4.99 Å². The van der Waals surface area contributed by atoms with Gasteiger partial charge in [0, 0.05) is 32.1 Å². The fourth-order valence-corrected chi connectivity index (χ4v) is 3.14. The van der Waals surface area contributed by atoms with Gasteiger partial charge in [-0.3, -0.25) is 4.99 Å². The van der Waals surface area contributed by atoms with E-state index >= 15 is 0 Å². The summed E-state index contributed by atoms with van der Waals surface area (Å²) in [5.74, 6) is 1.76. The van der Waals surface area contributed by atoms with Crippen LogP contribution < -0.4 is 10.1 Å². The van der Waals surface area contributed by atoms with Gasteiger partial charge >= 0.3 is 0 Å². The molecule has 0 aliphatic heterocycles. The molecule has 1 N–H and O–H groups in total. The van der Waals surface area contributed by atoms with Crippen LogP contribution in [0.25, 0.3) is 0 Å². The normalized spacial score (nSPS) is 11.5. The van der Waals surface area contributed by atoms with Gasteiger partial charge in [0.25, 0.3) is 0 Å². The van der Waals surface area contributed by atoms with Gasteiger partial charge in [-0.15, -0.1) is 11.3 Å². The lowest BCUT2D eigenvalue weighted by molar-refractivity contribution is 0.120. The van der Waals surface area contributed by atoms with Crippen molar-refractivity contribution >= 4 is 17.3 Å². The number of hydrogen-bond acceptors (Lipinski definition) is 5. The molecular weight excluding hydrogens is 360 g/mol. The largest absolute Gasteiger partial charge is 0.497 e. The quantitative estimate of drug-likeness (QED) is 0.382. The van der Waals surface area contributed by atoms with Gasteiger partial charge in [-0.1, -0.05) is 12.1 Å². The monoisotopic (exact) mass is 390 g/mol. The second kappa shape index (κ2) is 11.6. The van der Waals surface area contributed by atoms with Crippen molar-refractivity contribution in [3.8, 4) is 5.75 Å². The van der Waals surface area contributed by atoms with Crippen molar-refractivity contribution in [3.63, 3.8) is 0 Å². The van der Waals surface area contributed by atoms with Gasteiger partial charge in [0.15, 0.2) is 5.96 Å². The van der Waals surface area contributed by atoms with E-state index in [0.29, 0.717) is 13.2 Å². The van der Waals surface area contributed by atoms with E-state index in [1.807, 2.05) is 38.2 Å². The molecule has 0 bridgehead atoms. The summed E-state index contributed by atoms with van der Waals surface area (Å²) in [4.78, 5) is 11.3. The highest BCUT2D eigenvalue weighted by atomic mass is 32.1. The molecule has 0 amide bonds. The highest BCUT2D eigenvalue weighted by molar-refractivity contribution is 7.09. The van der Waals surface area contributed by atoms with Crippen molar-refractivity contribution in [3.05, 3.63) is 45.9 Å². The van der Waals surface area contributed by atoms with Crippen LogP contribution in [0.15, 0.2) is 34.6 Å². The number of aromatic nitrogens is 1. The van der Waals surface area contributed by atoms with Gasteiger partial charge in [-0.25, -0.2) is 4.98 Å². The van der Waals surface area contributed by atoms with Crippen LogP contribution in [0, 0.1) is 6.92 Å². The Kier molecular flexibility index (Phi) is 9.07. The first-order chi connectivity index (χ1) is 13.1. The van der Waals surface area contributed by atoms with E-state index in [9.17, 15) is 0 Å². The Hall–Kier alpha value is -2.12. The molecule has 0 saturated carbocycles. The summed E-state index contributed by atoms with van der Waals surface area (Å²) in [6, 6.07) is 7.95. The zero-order valence-corrected chi connectivity index (χ0v) is 17.5. The Labute approximate surface area is 166 Å². The van der Waals surface area contributed by atoms with E-state index in [4.69, 9.17) is 14.5 Å². The molecule has 0 radical (unpaired) electrons. The molecule has 2 rings (SSSR count). The summed E-state index contributed by atoms with van der Waals surface area (Å²) in [6.45, 7) is 7.72. The lowest BCUT2D eigenvalue weighted by Gasteiger charge is -2.21. The number of guanidine groups is 1. The molecule has 0 saturated heterocycles. The highest BCUT2D eigenvalue weighted by Crippen LogP contribution is 2.12. The van der Waals surface area contributed by atoms with E-state index in [1.54, 1.807) is 18.4 Å². The van der Waals surface area contributed by atoms with Crippen LogP contribution in [-0.2, 0) is 17.9 Å². The minimum atomic E-state index is 0.608. The highest BCUT2D eigenvalue weighted by Gasteiger charge is 2.08. The topological polar surface area (TPSA) is 59.0 Å². The Morgan fingerprint density at radius 3 is 2.70 bits per heavy atom. The molecule has 1 aromatic carbocycles. The Bertz CT molecular complexity index is 700. The van der Waals surface area contributed by atoms with Crippen LogP contribution in [0.3, 0.4) is 0 Å². The Morgan fingerprint density at radius 1 is 1.30 bits per heavy atom. The molecule has 2 aromatic rings. The smallest absolute Gasteiger partial charge is 0.194 e. The number of aryl methyl sites for hydroxylation is 1. The second-order valence-corrected chi connectivity index (χ2v) is 7.27. The predicted molar refractivity (Wildman–Crippen MR) is 112 cm³/mol. The van der Waals surface area contributed by atoms with Crippen molar-refractivity contribution in [1.82, 2.24) is 15.2 Å². The van der Waals surface area contributed by atoms with E-state index in [0.717, 1.165) is 54.0 Å². The molecule has 6 nitrogen and oxygen atoms in total. The summed E-state index contributed by atoms with van der Waals surface area (Å²) in [5, 5.41) is 6.53. The zero-order valence-electron chi connectivity index (χ0n) is 16.7. The van der Waals surface area contributed by atoms with E-state index < -0.39 is 0 Å². The maximum atomic E-state index is 5.74. The number of thiazole rings is 1. The Balaban J connectivity index is 1.72. The molecule has 1 aromatic heterocycles. The standard InChI is InChI=1S/C20H30N4O2S/c1-5-21-20(24(3)13-18-15-27-16(2)23-18)22-11-6-12-26-14-17-7-9-19(25-4)10-8-17/h7-10,15H,5-6,11-14H2,1-4H3,(H,21,22). The molecule has 0 spiro atoms. The summed E-state index contributed by atoms with van der Waals surface area (Å²) in [7, 11) is 3.71. The number of nitrogens with zero attached hydrogens (tertiary/aromatic N) is 3. The van der Waals surface area contributed by atoms with E-state index in [2.05, 4.69) is 27.5 Å². The molecule has 27 heavy (non-hydrogen) atoms. The van der Waals surface area contributed by atoms with Gasteiger partial charge in [0.2, 0.25) is 0 Å². The van der Waals surface area contributed by atoms with Crippen LogP contribution >= 0.6 is 11.3 Å². The predicted octanol–water partition coefficient (Wildman–Crippen LogP) is 3.46. The zero-order chi connectivity index (χ0) is 19.5. The van der Waals surface area contributed by atoms with Crippen LogP contribution in [-0.4, -0.2) is 49.7 Å². The third-order valence-corrected chi connectivity index (χ3v) is 4.72. The second-order valence-electron chi connectivity index (χ2n) is 6.20. The first-order valence-corrected chi connectivity index (χ1v) is 10.1. The number of hydrogen-bond donors (Lipinski definition) is 1. The lowest BCUT2D eigenvalue weighted by atomic mass is 10.2. The van der Waals surface area contributed by atoms with Gasteiger partial charge in [0.1, 0.15) is 5.75 Å². The van der Waals surface area contributed by atoms with Crippen LogP contribution in [0.2, 0.25) is 0 Å². The molecule has 148 valence electrons. The fraction of sp³-hybridized carbons (Fsp3) is 0.500. The van der Waals surface area contributed by atoms with Crippen molar-refractivity contribution in [2.45, 2.75) is 33.4 Å². The number of ether oxygens (including phenoxy) is 2. The summed E-state index contributed by atoms with van der Waals surface area (Å²) in [5.41, 5.74) is 2.22. The Morgan fingerprint density at radius 2 is 2.07 bits per heavy atom. The number of nitrogens with one attached hydrogen (secondary N) is 1. The average Bonchev–Trinajstić information content (AvgIpc) is 3.08. The van der Waals surface area contributed by atoms with Crippen LogP contribution in [0.5, 0.6) is 5.75 Å². The van der Waals surface area contributed by atoms with Gasteiger partial charge in [-0.05, 0) is 38.0 Å². The fourth-order valence-electron chi connectivity index (χ4n) is 2.53. The summed E-state index contributed by atoms with van der Waals surface area (Å²) in [6.07, 6.45) is 0.884. The number of benzene rings is 1. The maximum absolute atomic E-state index is 5.74. The lowest BCUT2D eigenvalue weighted by Crippen LogP contribution is -2.38. The minimum Gasteiger partial charge on any atom is -0.497 e. The van der Waals surface area contributed by atoms with Crippen molar-refractivity contribution in [1.29, 1.82) is 0 Å². The molecule has 0 aliphatic carbocycles. The van der Waals surface area contributed by atoms with E-state index in [-0.39, 0.29) is 0 Å². The molecule has 0 unspecified atom stereocenters. The maximum Gasteiger partial charge on any atom is 0.194 e. The molecular formula is C20H30N4O2S. The van der Waals surface area contributed by atoms with Crippen LogP contribution in [0.4, 0.5) is 0 Å². The van der Waals surface area contributed by atoms with Crippen molar-refractivity contribution in [2.75, 3.05) is 33.9 Å². The van der Waals surface area contributed by atoms with E-state index in [1.165, 1.54) is 0 Å². The first-order valence-electron chi connectivity index (χ1n) is 9.23. The number of methoxy groups -OCH3 is 1. The van der Waals surface area contributed by atoms with Gasteiger partial charge in [0.05, 0.1) is 31.0 Å². The van der Waals surface area contributed by atoms with Crippen molar-refractivity contribution < 1.29 is 9.47 Å². The van der Waals surface area contributed by atoms with Gasteiger partial charge in [-0.2, -0.15) is 0 Å². The molecule has 0 atom stereocenters. The van der Waals surface area contributed by atoms with Crippen LogP contribution in [0.1, 0.15) is 29.6 Å². The number of aliphatic imine (C=N–C) groups is 1. The summed E-state index contributed by atoms with van der Waals surface area (Å²) >= 11 is 1.68. The number of rotatable bonds is 10. The minimum absolute atomic E-state index is 0.608.